The van der Waals surface area contributed by atoms with Crippen LogP contribution in [0, 0.1) is 12.7 Å². The molecular formula is C14H21FN2. The standard InChI is InChI=1S/C14H21FN2/c1-4-12-9-17(11(3)8-16-12)14-7-10(2)5-6-13(14)15/h5-7,11-12,16H,4,8-9H2,1-3H3. The molecule has 1 heterocycles. The molecule has 2 unspecified atom stereocenters. The molecule has 2 rings (SSSR count). The van der Waals surface area contributed by atoms with E-state index in [1.165, 1.54) is 0 Å². The monoisotopic (exact) mass is 236 g/mol. The van der Waals surface area contributed by atoms with Gasteiger partial charge in [0.05, 0.1) is 5.69 Å². The minimum atomic E-state index is -0.112. The van der Waals surface area contributed by atoms with Crippen molar-refractivity contribution in [1.29, 1.82) is 0 Å². The molecule has 0 aromatic heterocycles. The van der Waals surface area contributed by atoms with E-state index in [0.717, 1.165) is 30.8 Å². The Morgan fingerprint density at radius 2 is 2.24 bits per heavy atom. The van der Waals surface area contributed by atoms with Crippen molar-refractivity contribution in [3.8, 4) is 0 Å². The second-order valence-corrected chi connectivity index (χ2v) is 4.97. The molecule has 0 amide bonds. The van der Waals surface area contributed by atoms with Crippen molar-refractivity contribution in [2.24, 2.45) is 0 Å². The van der Waals surface area contributed by atoms with E-state index in [2.05, 4.69) is 24.1 Å². The van der Waals surface area contributed by atoms with Gasteiger partial charge in [-0.05, 0) is 38.0 Å². The van der Waals surface area contributed by atoms with E-state index in [4.69, 9.17) is 0 Å². The smallest absolute Gasteiger partial charge is 0.146 e. The van der Waals surface area contributed by atoms with Crippen LogP contribution in [0.2, 0.25) is 0 Å². The summed E-state index contributed by atoms with van der Waals surface area (Å²) < 4.78 is 13.9. The fourth-order valence-electron chi connectivity index (χ4n) is 2.38. The number of nitrogens with zero attached hydrogens (tertiary/aromatic N) is 1. The summed E-state index contributed by atoms with van der Waals surface area (Å²) in [6.45, 7) is 8.12. The molecule has 1 N–H and O–H groups in total. The van der Waals surface area contributed by atoms with E-state index in [-0.39, 0.29) is 5.82 Å². The van der Waals surface area contributed by atoms with Crippen LogP contribution in [0.5, 0.6) is 0 Å². The summed E-state index contributed by atoms with van der Waals surface area (Å²) in [6.07, 6.45) is 1.08. The topological polar surface area (TPSA) is 15.3 Å². The summed E-state index contributed by atoms with van der Waals surface area (Å²) in [5, 5.41) is 3.49. The first-order chi connectivity index (χ1) is 8.11. The van der Waals surface area contributed by atoms with Crippen LogP contribution in [0.15, 0.2) is 18.2 Å². The zero-order chi connectivity index (χ0) is 12.4. The molecule has 1 fully saturated rings. The van der Waals surface area contributed by atoms with Gasteiger partial charge in [0.25, 0.3) is 0 Å². The second-order valence-electron chi connectivity index (χ2n) is 4.97. The summed E-state index contributed by atoms with van der Waals surface area (Å²) in [6, 6.07) is 6.15. The lowest BCUT2D eigenvalue weighted by Gasteiger charge is -2.40. The van der Waals surface area contributed by atoms with Crippen molar-refractivity contribution in [2.45, 2.75) is 39.3 Å². The number of hydrogen-bond acceptors (Lipinski definition) is 2. The van der Waals surface area contributed by atoms with Gasteiger partial charge in [-0.1, -0.05) is 13.0 Å². The molecule has 1 aromatic rings. The van der Waals surface area contributed by atoms with E-state index < -0.39 is 0 Å². The molecule has 1 aliphatic rings. The summed E-state index contributed by atoms with van der Waals surface area (Å²) in [5.74, 6) is -0.112. The highest BCUT2D eigenvalue weighted by Crippen LogP contribution is 2.25. The minimum absolute atomic E-state index is 0.112. The van der Waals surface area contributed by atoms with Gasteiger partial charge in [0, 0.05) is 25.2 Å². The molecule has 3 heteroatoms. The zero-order valence-electron chi connectivity index (χ0n) is 10.8. The molecule has 2 nitrogen and oxygen atoms in total. The maximum absolute atomic E-state index is 13.9. The number of aryl methyl sites for hydroxylation is 1. The van der Waals surface area contributed by atoms with Crippen molar-refractivity contribution in [1.82, 2.24) is 5.32 Å². The second kappa shape index (κ2) is 5.05. The van der Waals surface area contributed by atoms with Gasteiger partial charge in [-0.15, -0.1) is 0 Å². The van der Waals surface area contributed by atoms with Gasteiger partial charge in [-0.25, -0.2) is 4.39 Å². The number of rotatable bonds is 2. The summed E-state index contributed by atoms with van der Waals surface area (Å²) >= 11 is 0. The fourth-order valence-corrected chi connectivity index (χ4v) is 2.38. The Labute approximate surface area is 103 Å². The van der Waals surface area contributed by atoms with Gasteiger partial charge in [-0.3, -0.25) is 0 Å². The third-order valence-electron chi connectivity index (χ3n) is 3.55. The number of hydrogen-bond donors (Lipinski definition) is 1. The minimum Gasteiger partial charge on any atom is -0.364 e. The van der Waals surface area contributed by atoms with Crippen molar-refractivity contribution >= 4 is 5.69 Å². The predicted octanol–water partition coefficient (Wildman–Crippen LogP) is 2.71. The zero-order valence-corrected chi connectivity index (χ0v) is 10.8. The van der Waals surface area contributed by atoms with E-state index in [1.54, 1.807) is 6.07 Å². The highest BCUT2D eigenvalue weighted by Gasteiger charge is 2.25. The Morgan fingerprint density at radius 1 is 1.47 bits per heavy atom. The maximum atomic E-state index is 13.9. The van der Waals surface area contributed by atoms with E-state index in [9.17, 15) is 4.39 Å². The van der Waals surface area contributed by atoms with E-state index in [0.29, 0.717) is 12.1 Å². The molecule has 1 aliphatic heterocycles. The van der Waals surface area contributed by atoms with Crippen LogP contribution < -0.4 is 10.2 Å². The highest BCUT2D eigenvalue weighted by atomic mass is 19.1. The molecule has 0 aliphatic carbocycles. The Kier molecular flexibility index (Phi) is 3.67. The summed E-state index contributed by atoms with van der Waals surface area (Å²) in [7, 11) is 0. The first kappa shape index (κ1) is 12.4. The van der Waals surface area contributed by atoms with Gasteiger partial charge >= 0.3 is 0 Å². The molecule has 17 heavy (non-hydrogen) atoms. The van der Waals surface area contributed by atoms with Crippen LogP contribution in [0.4, 0.5) is 10.1 Å². The summed E-state index contributed by atoms with van der Waals surface area (Å²) in [4.78, 5) is 2.19. The Balaban J connectivity index is 2.27. The predicted molar refractivity (Wildman–Crippen MR) is 70.0 cm³/mol. The molecular weight excluding hydrogens is 215 g/mol. The number of anilines is 1. The third-order valence-corrected chi connectivity index (χ3v) is 3.55. The highest BCUT2D eigenvalue weighted by molar-refractivity contribution is 5.51. The van der Waals surface area contributed by atoms with Gasteiger partial charge in [-0.2, -0.15) is 0 Å². The molecule has 0 saturated carbocycles. The third kappa shape index (κ3) is 2.60. The molecule has 2 atom stereocenters. The van der Waals surface area contributed by atoms with Gasteiger partial charge < -0.3 is 10.2 Å². The summed E-state index contributed by atoms with van der Waals surface area (Å²) in [5.41, 5.74) is 1.86. The average Bonchev–Trinajstić information content (AvgIpc) is 2.33. The van der Waals surface area contributed by atoms with Crippen molar-refractivity contribution in [3.05, 3.63) is 29.6 Å². The van der Waals surface area contributed by atoms with Gasteiger partial charge in [0.15, 0.2) is 0 Å². The van der Waals surface area contributed by atoms with E-state index >= 15 is 0 Å². The number of benzene rings is 1. The largest absolute Gasteiger partial charge is 0.364 e. The van der Waals surface area contributed by atoms with Crippen molar-refractivity contribution in [2.75, 3.05) is 18.0 Å². The SMILES string of the molecule is CCC1CN(c2cc(C)ccc2F)C(C)CN1. The van der Waals surface area contributed by atoms with E-state index in [1.807, 2.05) is 19.1 Å². The first-order valence-electron chi connectivity index (χ1n) is 6.38. The quantitative estimate of drug-likeness (QED) is 0.849. The van der Waals surface area contributed by atoms with Crippen LogP contribution in [-0.2, 0) is 0 Å². The lowest BCUT2D eigenvalue weighted by Crippen LogP contribution is -2.55. The molecule has 0 spiro atoms. The van der Waals surface area contributed by atoms with Crippen LogP contribution in [-0.4, -0.2) is 25.2 Å². The Bertz CT molecular complexity index is 392. The molecule has 94 valence electrons. The van der Waals surface area contributed by atoms with Crippen LogP contribution in [0.3, 0.4) is 0 Å². The Morgan fingerprint density at radius 3 is 2.94 bits per heavy atom. The van der Waals surface area contributed by atoms with Crippen molar-refractivity contribution < 1.29 is 4.39 Å². The van der Waals surface area contributed by atoms with Gasteiger partial charge in [0.1, 0.15) is 5.82 Å². The fraction of sp³-hybridized carbons (Fsp3) is 0.571. The number of piperazine rings is 1. The molecule has 0 radical (unpaired) electrons. The van der Waals surface area contributed by atoms with Crippen LogP contribution >= 0.6 is 0 Å². The normalized spacial score (nSPS) is 25.1. The average molecular weight is 236 g/mol. The number of nitrogens with one attached hydrogen (secondary N) is 1. The molecule has 0 bridgehead atoms. The first-order valence-corrected chi connectivity index (χ1v) is 6.38. The Hall–Kier alpha value is -1.09. The molecule has 1 aromatic carbocycles. The van der Waals surface area contributed by atoms with Gasteiger partial charge in [0.2, 0.25) is 0 Å². The lowest BCUT2D eigenvalue weighted by atomic mass is 10.1. The van der Waals surface area contributed by atoms with Crippen LogP contribution in [0.25, 0.3) is 0 Å². The number of halogens is 1. The molecule has 1 saturated heterocycles. The maximum Gasteiger partial charge on any atom is 0.146 e. The lowest BCUT2D eigenvalue weighted by molar-refractivity contribution is 0.394. The van der Waals surface area contributed by atoms with Crippen LogP contribution in [0.1, 0.15) is 25.8 Å². The van der Waals surface area contributed by atoms with Crippen molar-refractivity contribution in [3.63, 3.8) is 0 Å².